The van der Waals surface area contributed by atoms with E-state index in [0.717, 1.165) is 0 Å². The highest BCUT2D eigenvalue weighted by Crippen LogP contribution is 2.31. The van der Waals surface area contributed by atoms with Gasteiger partial charge in [0.1, 0.15) is 11.3 Å². The molecule has 1 N–H and O–H groups in total. The van der Waals surface area contributed by atoms with Crippen molar-refractivity contribution in [1.29, 1.82) is 0 Å². The molecule has 0 aliphatic carbocycles. The number of nitrogens with zero attached hydrogens (tertiary/aromatic N) is 2. The molecule has 0 unspecified atom stereocenters. The van der Waals surface area contributed by atoms with E-state index < -0.39 is 5.97 Å². The van der Waals surface area contributed by atoms with Gasteiger partial charge in [-0.25, -0.2) is 4.79 Å². The molecule has 0 saturated carbocycles. The Morgan fingerprint density at radius 3 is 2.76 bits per heavy atom. The van der Waals surface area contributed by atoms with Gasteiger partial charge in [0.15, 0.2) is 0 Å². The van der Waals surface area contributed by atoms with Gasteiger partial charge in [-0.3, -0.25) is 9.97 Å². The highest BCUT2D eigenvalue weighted by molar-refractivity contribution is 5.94. The minimum Gasteiger partial charge on any atom is -0.495 e. The van der Waals surface area contributed by atoms with Gasteiger partial charge in [-0.05, 0) is 12.1 Å². The Morgan fingerprint density at radius 1 is 1.35 bits per heavy atom. The van der Waals surface area contributed by atoms with Crippen LogP contribution < -0.4 is 4.74 Å². The molecule has 1 aromatic carbocycles. The van der Waals surface area contributed by atoms with E-state index in [1.54, 1.807) is 30.7 Å². The zero-order valence-electron chi connectivity index (χ0n) is 9.12. The van der Waals surface area contributed by atoms with Gasteiger partial charge in [-0.2, -0.15) is 0 Å². The van der Waals surface area contributed by atoms with Crippen LogP contribution in [0.4, 0.5) is 0 Å². The molecule has 0 saturated heterocycles. The number of carboxylic acid groups (broad SMARTS) is 1. The Hall–Kier alpha value is -2.43. The first-order valence-electron chi connectivity index (χ1n) is 4.90. The van der Waals surface area contributed by atoms with E-state index in [1.807, 2.05) is 0 Å². The summed E-state index contributed by atoms with van der Waals surface area (Å²) in [7, 11) is 1.43. The molecule has 1 aromatic heterocycles. The lowest BCUT2D eigenvalue weighted by molar-refractivity contribution is 0.0693. The first-order valence-corrected chi connectivity index (χ1v) is 4.90. The summed E-state index contributed by atoms with van der Waals surface area (Å²) < 4.78 is 5.14. The van der Waals surface area contributed by atoms with Crippen molar-refractivity contribution in [3.8, 4) is 17.0 Å². The summed E-state index contributed by atoms with van der Waals surface area (Å²) in [6.07, 6.45) is 4.66. The number of ether oxygens (including phenoxy) is 1. The van der Waals surface area contributed by atoms with Crippen LogP contribution in [0.15, 0.2) is 36.8 Å². The molecule has 0 aliphatic rings. The first kappa shape index (κ1) is 11.1. The average Bonchev–Trinajstić information content (AvgIpc) is 2.38. The Morgan fingerprint density at radius 2 is 2.18 bits per heavy atom. The summed E-state index contributed by atoms with van der Waals surface area (Å²) in [5, 5.41) is 9.05. The summed E-state index contributed by atoms with van der Waals surface area (Å²) >= 11 is 0. The van der Waals surface area contributed by atoms with E-state index in [1.165, 1.54) is 13.2 Å². The van der Waals surface area contributed by atoms with Crippen molar-refractivity contribution in [3.63, 3.8) is 0 Å². The predicted molar refractivity (Wildman–Crippen MR) is 61.0 cm³/mol. The molecule has 0 radical (unpaired) electrons. The zero-order chi connectivity index (χ0) is 12.3. The molecule has 0 spiro atoms. The quantitative estimate of drug-likeness (QED) is 0.871. The van der Waals surface area contributed by atoms with Gasteiger partial charge < -0.3 is 9.84 Å². The van der Waals surface area contributed by atoms with Gasteiger partial charge in [-0.15, -0.1) is 0 Å². The molecule has 0 bridgehead atoms. The van der Waals surface area contributed by atoms with Crippen molar-refractivity contribution in [2.75, 3.05) is 7.11 Å². The number of aromatic carboxylic acids is 1. The third-order valence-corrected chi connectivity index (χ3v) is 2.29. The summed E-state index contributed by atoms with van der Waals surface area (Å²) in [6, 6.07) is 4.88. The number of para-hydroxylation sites is 1. The lowest BCUT2D eigenvalue weighted by Crippen LogP contribution is -2.02. The molecule has 2 aromatic rings. The second kappa shape index (κ2) is 4.61. The standard InChI is InChI=1S/C12H10N2O3/c1-17-11-8(10-7-13-5-6-14-10)3-2-4-9(11)12(15)16/h2-7H,1H3,(H,15,16). The van der Waals surface area contributed by atoms with Gasteiger partial charge in [0, 0.05) is 18.0 Å². The maximum Gasteiger partial charge on any atom is 0.339 e. The first-order chi connectivity index (χ1) is 8.24. The molecule has 17 heavy (non-hydrogen) atoms. The number of hydrogen-bond donors (Lipinski definition) is 1. The largest absolute Gasteiger partial charge is 0.495 e. The van der Waals surface area contributed by atoms with Crippen LogP contribution in [-0.4, -0.2) is 28.2 Å². The second-order valence-corrected chi connectivity index (χ2v) is 3.28. The fourth-order valence-electron chi connectivity index (χ4n) is 1.57. The van der Waals surface area contributed by atoms with Crippen LogP contribution in [0.3, 0.4) is 0 Å². The van der Waals surface area contributed by atoms with E-state index in [4.69, 9.17) is 9.84 Å². The van der Waals surface area contributed by atoms with Crippen molar-refractivity contribution < 1.29 is 14.6 Å². The average molecular weight is 230 g/mol. The molecular weight excluding hydrogens is 220 g/mol. The maximum absolute atomic E-state index is 11.0. The van der Waals surface area contributed by atoms with Crippen LogP contribution in [0.25, 0.3) is 11.3 Å². The molecule has 1 heterocycles. The van der Waals surface area contributed by atoms with Crippen LogP contribution in [0, 0.1) is 0 Å². The normalized spacial score (nSPS) is 9.94. The van der Waals surface area contributed by atoms with Crippen molar-refractivity contribution in [1.82, 2.24) is 9.97 Å². The Kier molecular flexibility index (Phi) is 3.00. The van der Waals surface area contributed by atoms with Gasteiger partial charge in [0.05, 0.1) is 19.0 Å². The number of hydrogen-bond acceptors (Lipinski definition) is 4. The van der Waals surface area contributed by atoms with Crippen molar-refractivity contribution in [3.05, 3.63) is 42.4 Å². The third-order valence-electron chi connectivity index (χ3n) is 2.29. The lowest BCUT2D eigenvalue weighted by atomic mass is 10.1. The summed E-state index contributed by atoms with van der Waals surface area (Å²) in [4.78, 5) is 19.1. The molecule has 0 aliphatic heterocycles. The van der Waals surface area contributed by atoms with E-state index in [-0.39, 0.29) is 5.56 Å². The molecule has 2 rings (SSSR count). The predicted octanol–water partition coefficient (Wildman–Crippen LogP) is 1.85. The van der Waals surface area contributed by atoms with E-state index in [0.29, 0.717) is 17.0 Å². The number of benzene rings is 1. The van der Waals surface area contributed by atoms with Gasteiger partial charge in [0.25, 0.3) is 0 Å². The van der Waals surface area contributed by atoms with E-state index in [9.17, 15) is 4.79 Å². The Bertz CT molecular complexity index is 541. The van der Waals surface area contributed by atoms with Crippen LogP contribution in [0.5, 0.6) is 5.75 Å². The molecule has 5 nitrogen and oxygen atoms in total. The van der Waals surface area contributed by atoms with E-state index in [2.05, 4.69) is 9.97 Å². The minimum atomic E-state index is -1.03. The fourth-order valence-corrected chi connectivity index (χ4v) is 1.57. The lowest BCUT2D eigenvalue weighted by Gasteiger charge is -2.10. The zero-order valence-corrected chi connectivity index (χ0v) is 9.12. The Balaban J connectivity index is 2.63. The Labute approximate surface area is 97.7 Å². The maximum atomic E-state index is 11.0. The van der Waals surface area contributed by atoms with Gasteiger partial charge in [0.2, 0.25) is 0 Å². The third kappa shape index (κ3) is 2.08. The molecule has 5 heteroatoms. The van der Waals surface area contributed by atoms with E-state index >= 15 is 0 Å². The SMILES string of the molecule is COc1c(C(=O)O)cccc1-c1cnccn1. The fraction of sp³-hybridized carbons (Fsp3) is 0.0833. The summed E-state index contributed by atoms with van der Waals surface area (Å²) in [5.41, 5.74) is 1.30. The molecule has 0 atom stereocenters. The number of aromatic nitrogens is 2. The second-order valence-electron chi connectivity index (χ2n) is 3.28. The van der Waals surface area contributed by atoms with Crippen molar-refractivity contribution in [2.24, 2.45) is 0 Å². The van der Waals surface area contributed by atoms with Crippen LogP contribution >= 0.6 is 0 Å². The topological polar surface area (TPSA) is 72.3 Å². The molecular formula is C12H10N2O3. The van der Waals surface area contributed by atoms with Crippen LogP contribution in [0.2, 0.25) is 0 Å². The molecule has 86 valence electrons. The minimum absolute atomic E-state index is 0.107. The summed E-state index contributed by atoms with van der Waals surface area (Å²) in [6.45, 7) is 0. The van der Waals surface area contributed by atoms with Crippen molar-refractivity contribution in [2.45, 2.75) is 0 Å². The number of rotatable bonds is 3. The smallest absolute Gasteiger partial charge is 0.339 e. The summed E-state index contributed by atoms with van der Waals surface area (Å²) in [5.74, 6) is -0.743. The number of methoxy groups -OCH3 is 1. The molecule has 0 amide bonds. The van der Waals surface area contributed by atoms with Gasteiger partial charge in [-0.1, -0.05) is 6.07 Å². The van der Waals surface area contributed by atoms with Crippen LogP contribution in [-0.2, 0) is 0 Å². The molecule has 0 fully saturated rings. The van der Waals surface area contributed by atoms with Crippen molar-refractivity contribution >= 4 is 5.97 Å². The number of carbonyl (C=O) groups is 1. The monoisotopic (exact) mass is 230 g/mol. The van der Waals surface area contributed by atoms with Gasteiger partial charge >= 0.3 is 5.97 Å². The highest BCUT2D eigenvalue weighted by Gasteiger charge is 2.16. The van der Waals surface area contributed by atoms with Crippen LogP contribution in [0.1, 0.15) is 10.4 Å². The number of carboxylic acids is 1. The highest BCUT2D eigenvalue weighted by atomic mass is 16.5.